The Morgan fingerprint density at radius 1 is 1.25 bits per heavy atom. The fraction of sp³-hybridized carbons (Fsp3) is 0.364. The van der Waals surface area contributed by atoms with Gasteiger partial charge in [0.25, 0.3) is 11.5 Å². The summed E-state index contributed by atoms with van der Waals surface area (Å²) in [5.74, 6) is -3.11. The molecule has 4 aromatic rings. The summed E-state index contributed by atoms with van der Waals surface area (Å²) in [7, 11) is 1.48. The molecule has 14 heteroatoms. The number of nitrogens with one attached hydrogen (secondary N) is 2. The first-order valence-electron chi connectivity index (χ1n) is 11.2. The number of rotatable bonds is 5. The Kier molecular flexibility index (Phi) is 4.87. The number of thiazole rings is 1. The van der Waals surface area contributed by atoms with Crippen molar-refractivity contribution >= 4 is 40.0 Å². The van der Waals surface area contributed by atoms with Gasteiger partial charge in [0.2, 0.25) is 5.91 Å². The Morgan fingerprint density at radius 2 is 2.00 bits per heavy atom. The summed E-state index contributed by atoms with van der Waals surface area (Å²) in [4.78, 5) is 54.0. The van der Waals surface area contributed by atoms with Crippen LogP contribution in [0, 0.1) is 11.8 Å². The number of hydrogen-bond donors (Lipinski definition) is 2. The highest BCUT2D eigenvalue weighted by molar-refractivity contribution is 7.13. The van der Waals surface area contributed by atoms with Gasteiger partial charge in [-0.15, -0.1) is 11.3 Å². The zero-order chi connectivity index (χ0) is 25.4. The summed E-state index contributed by atoms with van der Waals surface area (Å²) in [5.41, 5.74) is -0.193. The smallest absolute Gasteiger partial charge is 0.329 e. The van der Waals surface area contributed by atoms with Gasteiger partial charge < -0.3 is 14.8 Å². The average molecular weight is 515 g/mol. The third-order valence-electron chi connectivity index (χ3n) is 6.90. The van der Waals surface area contributed by atoms with Crippen LogP contribution in [-0.4, -0.2) is 54.0 Å². The maximum Gasteiger partial charge on any atom is 0.329 e. The molecule has 1 saturated heterocycles. The van der Waals surface area contributed by atoms with Crippen LogP contribution in [0.5, 0.6) is 0 Å². The van der Waals surface area contributed by atoms with E-state index >= 15 is 0 Å². The number of fused-ring (bicyclic) bond motifs is 2. The summed E-state index contributed by atoms with van der Waals surface area (Å²) in [6.07, 6.45) is 2.98. The van der Waals surface area contributed by atoms with Gasteiger partial charge in [0.1, 0.15) is 22.7 Å². The molecule has 6 rings (SSSR count). The Morgan fingerprint density at radius 3 is 2.69 bits per heavy atom. The van der Waals surface area contributed by atoms with Crippen molar-refractivity contribution in [2.24, 2.45) is 18.9 Å². The molecule has 5 heterocycles. The molecule has 2 fully saturated rings. The van der Waals surface area contributed by atoms with Gasteiger partial charge in [-0.05, 0) is 19.1 Å². The number of H-pyrrole nitrogens is 1. The highest BCUT2D eigenvalue weighted by atomic mass is 32.1. The number of hydrogen-bond acceptors (Lipinski definition) is 8. The summed E-state index contributed by atoms with van der Waals surface area (Å²) in [6, 6.07) is 2.81. The molecule has 1 amide bonds. The highest BCUT2D eigenvalue weighted by Crippen LogP contribution is 2.59. The van der Waals surface area contributed by atoms with Crippen molar-refractivity contribution in [3.05, 3.63) is 50.9 Å². The van der Waals surface area contributed by atoms with E-state index in [9.17, 15) is 23.2 Å². The van der Waals surface area contributed by atoms with Gasteiger partial charge in [0.15, 0.2) is 11.2 Å². The van der Waals surface area contributed by atoms with Crippen LogP contribution >= 0.6 is 11.3 Å². The molecule has 0 aromatic carbocycles. The van der Waals surface area contributed by atoms with E-state index in [1.807, 2.05) is 11.0 Å². The normalized spacial score (nSPS) is 20.9. The Labute approximate surface area is 205 Å². The molecule has 0 spiro atoms. The molecule has 186 valence electrons. The van der Waals surface area contributed by atoms with E-state index in [0.717, 1.165) is 5.56 Å². The number of carbonyl (C=O) groups is 1. The van der Waals surface area contributed by atoms with Crippen molar-refractivity contribution in [3.8, 4) is 10.6 Å². The summed E-state index contributed by atoms with van der Waals surface area (Å²) in [6.45, 7) is 2.23. The zero-order valence-corrected chi connectivity index (χ0v) is 19.9. The SMILES string of the molecule is C[C@@H](C(=O)Nc1csc(-c2ccc(N3CC4C(C3)C4(F)F)nc2)n1)n1cnc2c1c(=O)[nH]c(=O)n2C. The van der Waals surface area contributed by atoms with E-state index in [-0.39, 0.29) is 11.2 Å². The summed E-state index contributed by atoms with van der Waals surface area (Å²) < 4.78 is 29.5. The van der Waals surface area contributed by atoms with Gasteiger partial charge >= 0.3 is 5.69 Å². The van der Waals surface area contributed by atoms with Crippen LogP contribution in [0.3, 0.4) is 0 Å². The van der Waals surface area contributed by atoms with Gasteiger partial charge in [-0.2, -0.15) is 0 Å². The number of alkyl halides is 2. The van der Waals surface area contributed by atoms with E-state index in [1.165, 1.54) is 33.8 Å². The van der Waals surface area contributed by atoms with Crippen LogP contribution < -0.4 is 21.5 Å². The molecule has 0 bridgehead atoms. The second kappa shape index (κ2) is 7.78. The molecule has 4 aromatic heterocycles. The molecule has 1 saturated carbocycles. The van der Waals surface area contributed by atoms with Crippen LogP contribution in [0.2, 0.25) is 0 Å². The Balaban J connectivity index is 1.15. The number of imidazole rings is 1. The molecule has 1 aliphatic heterocycles. The summed E-state index contributed by atoms with van der Waals surface area (Å²) in [5, 5.41) is 5.05. The summed E-state index contributed by atoms with van der Waals surface area (Å²) >= 11 is 1.32. The maximum absolute atomic E-state index is 13.4. The number of halogens is 2. The van der Waals surface area contributed by atoms with Crippen LogP contribution in [0.15, 0.2) is 39.6 Å². The van der Waals surface area contributed by atoms with E-state index in [0.29, 0.717) is 29.7 Å². The lowest BCUT2D eigenvalue weighted by Crippen LogP contribution is -2.31. The predicted octanol–water partition coefficient (Wildman–Crippen LogP) is 1.84. The van der Waals surface area contributed by atoms with Gasteiger partial charge in [-0.25, -0.2) is 28.5 Å². The van der Waals surface area contributed by atoms with E-state index in [1.54, 1.807) is 24.6 Å². The fourth-order valence-corrected chi connectivity index (χ4v) is 5.40. The first-order chi connectivity index (χ1) is 17.1. The molecule has 2 N–H and O–H groups in total. The minimum absolute atomic E-state index is 0.115. The first kappa shape index (κ1) is 22.5. The monoisotopic (exact) mass is 514 g/mol. The second-order valence-corrected chi connectivity index (χ2v) is 9.90. The minimum Gasteiger partial charge on any atom is -0.356 e. The van der Waals surface area contributed by atoms with Crippen LogP contribution in [0.1, 0.15) is 13.0 Å². The molecule has 36 heavy (non-hydrogen) atoms. The topological polar surface area (TPSA) is 131 Å². The predicted molar refractivity (Wildman–Crippen MR) is 128 cm³/mol. The van der Waals surface area contributed by atoms with Crippen LogP contribution in [-0.2, 0) is 11.8 Å². The number of pyridine rings is 1. The largest absolute Gasteiger partial charge is 0.356 e. The lowest BCUT2D eigenvalue weighted by molar-refractivity contribution is -0.118. The number of carbonyl (C=O) groups excluding carboxylic acids is 1. The number of piperidine rings is 1. The van der Waals surface area contributed by atoms with Gasteiger partial charge in [-0.3, -0.25) is 19.1 Å². The van der Waals surface area contributed by atoms with Crippen molar-refractivity contribution in [2.75, 3.05) is 23.3 Å². The number of aromatic nitrogens is 6. The fourth-order valence-electron chi connectivity index (χ4n) is 4.66. The third-order valence-corrected chi connectivity index (χ3v) is 7.79. The van der Waals surface area contributed by atoms with Crippen LogP contribution in [0.25, 0.3) is 21.7 Å². The Hall–Kier alpha value is -3.94. The third kappa shape index (κ3) is 3.43. The second-order valence-electron chi connectivity index (χ2n) is 9.04. The average Bonchev–Trinajstić information content (AvgIpc) is 3.43. The number of amides is 1. The number of nitrogens with zero attached hydrogens (tertiary/aromatic N) is 6. The van der Waals surface area contributed by atoms with E-state index in [4.69, 9.17) is 0 Å². The maximum atomic E-state index is 13.4. The number of aryl methyl sites for hydroxylation is 1. The lowest BCUT2D eigenvalue weighted by atomic mass is 10.3. The molecule has 1 aliphatic carbocycles. The highest BCUT2D eigenvalue weighted by Gasteiger charge is 2.71. The molecule has 2 aliphatic rings. The Bertz CT molecular complexity index is 1610. The van der Waals surface area contributed by atoms with E-state index < -0.39 is 41.0 Å². The molecular weight excluding hydrogens is 494 g/mol. The molecular formula is C22H20F2N8O3S. The molecule has 2 unspecified atom stereocenters. The van der Waals surface area contributed by atoms with Crippen LogP contribution in [0.4, 0.5) is 20.4 Å². The zero-order valence-electron chi connectivity index (χ0n) is 19.1. The van der Waals surface area contributed by atoms with Crippen molar-refractivity contribution < 1.29 is 13.6 Å². The number of anilines is 2. The minimum atomic E-state index is -2.53. The van der Waals surface area contributed by atoms with Gasteiger partial charge in [0.05, 0.1) is 18.2 Å². The van der Waals surface area contributed by atoms with Crippen molar-refractivity contribution in [1.82, 2.24) is 29.1 Å². The molecule has 0 radical (unpaired) electrons. The van der Waals surface area contributed by atoms with Gasteiger partial charge in [-0.1, -0.05) is 0 Å². The lowest BCUT2D eigenvalue weighted by Gasteiger charge is -2.20. The van der Waals surface area contributed by atoms with Crippen molar-refractivity contribution in [3.63, 3.8) is 0 Å². The van der Waals surface area contributed by atoms with Gasteiger partial charge in [0, 0.05) is 37.3 Å². The number of aromatic amines is 1. The van der Waals surface area contributed by atoms with Crippen molar-refractivity contribution in [1.29, 1.82) is 0 Å². The first-order valence-corrected chi connectivity index (χ1v) is 12.0. The van der Waals surface area contributed by atoms with Crippen molar-refractivity contribution in [2.45, 2.75) is 18.9 Å². The molecule has 3 atom stereocenters. The van der Waals surface area contributed by atoms with E-state index in [2.05, 4.69) is 25.3 Å². The quantitative estimate of drug-likeness (QED) is 0.416. The molecule has 11 nitrogen and oxygen atoms in total. The standard InChI is InChI=1S/C22H20F2N8O3S/c1-10(32-9-26-17-16(32)19(34)29-21(35)30(17)2)18(33)27-14-8-36-20(28-14)11-3-4-15(25-5-11)31-6-12-13(7-31)22(12,23)24/h3-5,8-10,12-13H,6-7H2,1-2H3,(H,27,33)(H,29,34,35)/t10-,12?,13?/m0/s1.